The summed E-state index contributed by atoms with van der Waals surface area (Å²) in [6.07, 6.45) is 8.79. The zero-order valence-electron chi connectivity index (χ0n) is 17.3. The molecule has 0 saturated carbocycles. The Labute approximate surface area is 187 Å². The van der Waals surface area contributed by atoms with Gasteiger partial charge in [0.2, 0.25) is 5.82 Å². The van der Waals surface area contributed by atoms with E-state index in [9.17, 15) is 5.26 Å². The Morgan fingerprint density at radius 3 is 2.00 bits per heavy atom. The van der Waals surface area contributed by atoms with Crippen molar-refractivity contribution in [2.45, 2.75) is 19.3 Å². The van der Waals surface area contributed by atoms with E-state index in [1.165, 1.54) is 34.2 Å². The van der Waals surface area contributed by atoms with Gasteiger partial charge in [0, 0.05) is 12.4 Å². The maximum Gasteiger partial charge on any atom is 0.293 e. The minimum absolute atomic E-state index is 0.00254. The standard InChI is InChI=1S/C21H12N12/c1-21(2,15-7-26-9-17(30-15)32-11-28-13(5-22)14(32)6-23)16-8-27-10-18(31-16)33-12-29-19(24-3)20(33)25-4/h7-12H,1-2H3. The van der Waals surface area contributed by atoms with E-state index in [4.69, 9.17) is 18.4 Å². The van der Waals surface area contributed by atoms with Crippen LogP contribution in [0.3, 0.4) is 0 Å². The minimum atomic E-state index is -0.779. The van der Waals surface area contributed by atoms with Gasteiger partial charge in [-0.3, -0.25) is 14.5 Å². The SMILES string of the molecule is [C-]#[N+]c1ncn(-c2cncc(C(C)(C)c3cncc(-n4cnc(C#N)c4C#N)n3)n2)c1[N+]#[C-]. The van der Waals surface area contributed by atoms with Crippen LogP contribution in [0.5, 0.6) is 0 Å². The van der Waals surface area contributed by atoms with E-state index in [0.717, 1.165) is 0 Å². The zero-order chi connectivity index (χ0) is 23.6. The van der Waals surface area contributed by atoms with Crippen LogP contribution in [0.1, 0.15) is 36.6 Å². The fourth-order valence-corrected chi connectivity index (χ4v) is 3.07. The highest BCUT2D eigenvalue weighted by atomic mass is 15.2. The summed E-state index contributed by atoms with van der Waals surface area (Å²) in [5, 5.41) is 18.6. The third kappa shape index (κ3) is 3.40. The number of nitriles is 2. The van der Waals surface area contributed by atoms with Crippen molar-refractivity contribution in [1.82, 2.24) is 39.0 Å². The Bertz CT molecular complexity index is 1430. The molecule has 0 fully saturated rings. The molecule has 0 bridgehead atoms. The predicted octanol–water partition coefficient (Wildman–Crippen LogP) is 2.81. The molecule has 12 nitrogen and oxygen atoms in total. The van der Waals surface area contributed by atoms with Gasteiger partial charge in [-0.25, -0.2) is 19.5 Å². The Morgan fingerprint density at radius 2 is 1.45 bits per heavy atom. The van der Waals surface area contributed by atoms with E-state index >= 15 is 0 Å². The second kappa shape index (κ2) is 7.99. The monoisotopic (exact) mass is 432 g/mol. The van der Waals surface area contributed by atoms with Gasteiger partial charge in [0.1, 0.15) is 18.5 Å². The molecule has 0 aliphatic rings. The number of hydrogen-bond donors (Lipinski definition) is 0. The van der Waals surface area contributed by atoms with Gasteiger partial charge >= 0.3 is 0 Å². The largest absolute Gasteiger partial charge is 0.373 e. The number of aromatic nitrogens is 8. The van der Waals surface area contributed by atoms with Gasteiger partial charge in [-0.15, -0.1) is 0 Å². The van der Waals surface area contributed by atoms with Gasteiger partial charge in [-0.1, -0.05) is 18.1 Å². The summed E-state index contributed by atoms with van der Waals surface area (Å²) < 4.78 is 2.80. The average Bonchev–Trinajstić information content (AvgIpc) is 3.47. The van der Waals surface area contributed by atoms with E-state index in [1.54, 1.807) is 12.4 Å². The number of nitrogens with zero attached hydrogens (tertiary/aromatic N) is 12. The molecule has 0 atom stereocenters. The quantitative estimate of drug-likeness (QED) is 0.448. The van der Waals surface area contributed by atoms with Crippen molar-refractivity contribution in [3.05, 3.63) is 83.1 Å². The Balaban J connectivity index is 1.78. The molecule has 33 heavy (non-hydrogen) atoms. The van der Waals surface area contributed by atoms with Crippen LogP contribution in [-0.2, 0) is 5.41 Å². The first-order valence-corrected chi connectivity index (χ1v) is 9.30. The summed E-state index contributed by atoms with van der Waals surface area (Å²) in [7, 11) is 0. The lowest BCUT2D eigenvalue weighted by Gasteiger charge is -2.23. The first kappa shape index (κ1) is 20.8. The van der Waals surface area contributed by atoms with Crippen molar-refractivity contribution >= 4 is 11.6 Å². The molecule has 0 spiro atoms. The molecule has 0 saturated heterocycles. The molecule has 4 aromatic rings. The molecule has 12 heteroatoms. The first-order valence-electron chi connectivity index (χ1n) is 9.30. The molecule has 4 rings (SSSR count). The van der Waals surface area contributed by atoms with Crippen LogP contribution < -0.4 is 0 Å². The van der Waals surface area contributed by atoms with E-state index in [0.29, 0.717) is 23.0 Å². The smallest absolute Gasteiger partial charge is 0.293 e. The van der Waals surface area contributed by atoms with Crippen LogP contribution in [0.15, 0.2) is 37.4 Å². The van der Waals surface area contributed by atoms with E-state index in [1.807, 2.05) is 26.0 Å². The van der Waals surface area contributed by atoms with Gasteiger partial charge in [-0.2, -0.15) is 10.5 Å². The van der Waals surface area contributed by atoms with Crippen molar-refractivity contribution < 1.29 is 0 Å². The third-order valence-corrected chi connectivity index (χ3v) is 4.93. The maximum atomic E-state index is 9.41. The van der Waals surface area contributed by atoms with Gasteiger partial charge in [0.25, 0.3) is 18.0 Å². The van der Waals surface area contributed by atoms with Gasteiger partial charge in [-0.05, 0) is 13.8 Å². The molecule has 4 heterocycles. The molecule has 0 aliphatic carbocycles. The molecular weight excluding hydrogens is 420 g/mol. The van der Waals surface area contributed by atoms with Crippen molar-refractivity contribution in [2.24, 2.45) is 0 Å². The number of hydrogen-bond acceptors (Lipinski definition) is 8. The Morgan fingerprint density at radius 1 is 0.848 bits per heavy atom. The van der Waals surface area contributed by atoms with Crippen LogP contribution in [0.2, 0.25) is 0 Å². The lowest BCUT2D eigenvalue weighted by Crippen LogP contribution is -2.24. The molecule has 0 N–H and O–H groups in total. The van der Waals surface area contributed by atoms with Crippen LogP contribution in [0.25, 0.3) is 21.3 Å². The molecule has 0 aliphatic heterocycles. The van der Waals surface area contributed by atoms with Gasteiger partial charge < -0.3 is 9.69 Å². The molecular formula is C21H12N12. The van der Waals surface area contributed by atoms with Crippen LogP contribution >= 0.6 is 0 Å². The number of rotatable bonds is 4. The summed E-state index contributed by atoms with van der Waals surface area (Å²) >= 11 is 0. The molecule has 156 valence electrons. The van der Waals surface area contributed by atoms with E-state index < -0.39 is 5.41 Å². The van der Waals surface area contributed by atoms with Crippen molar-refractivity contribution in [3.8, 4) is 23.8 Å². The molecule has 0 unspecified atom stereocenters. The maximum absolute atomic E-state index is 9.41. The van der Waals surface area contributed by atoms with Crippen LogP contribution in [-0.4, -0.2) is 39.0 Å². The van der Waals surface area contributed by atoms with Crippen molar-refractivity contribution in [3.63, 3.8) is 0 Å². The Hall–Kier alpha value is -5.46. The number of imidazole rings is 2. The summed E-state index contributed by atoms with van der Waals surface area (Å²) in [6, 6.07) is 3.84. The Kier molecular flexibility index (Phi) is 5.04. The summed E-state index contributed by atoms with van der Waals surface area (Å²) in [6.45, 7) is 18.3. The fourth-order valence-electron chi connectivity index (χ4n) is 3.07. The van der Waals surface area contributed by atoms with E-state index in [-0.39, 0.29) is 23.0 Å². The summed E-state index contributed by atoms with van der Waals surface area (Å²) in [4.78, 5) is 32.3. The molecule has 0 aromatic carbocycles. The van der Waals surface area contributed by atoms with Crippen LogP contribution in [0.4, 0.5) is 11.6 Å². The van der Waals surface area contributed by atoms with Gasteiger partial charge in [0.05, 0.1) is 29.2 Å². The van der Waals surface area contributed by atoms with Gasteiger partial charge in [0.15, 0.2) is 17.2 Å². The lowest BCUT2D eigenvalue weighted by molar-refractivity contribution is 0.583. The van der Waals surface area contributed by atoms with Crippen molar-refractivity contribution in [2.75, 3.05) is 0 Å². The summed E-state index contributed by atoms with van der Waals surface area (Å²) in [5.41, 5.74) is 0.340. The first-order chi connectivity index (χ1) is 15.9. The lowest BCUT2D eigenvalue weighted by atomic mass is 9.86. The zero-order valence-corrected chi connectivity index (χ0v) is 17.3. The van der Waals surface area contributed by atoms with E-state index in [2.05, 4.69) is 39.6 Å². The van der Waals surface area contributed by atoms with Crippen LogP contribution in [0, 0.1) is 35.8 Å². The summed E-state index contributed by atoms with van der Waals surface area (Å²) in [5.74, 6) is 0.689. The highest BCUT2D eigenvalue weighted by Crippen LogP contribution is 2.32. The molecule has 0 amide bonds. The molecule has 0 radical (unpaired) electrons. The normalized spacial score (nSPS) is 10.6. The third-order valence-electron chi connectivity index (χ3n) is 4.93. The highest BCUT2D eigenvalue weighted by molar-refractivity contribution is 5.64. The predicted molar refractivity (Wildman–Crippen MR) is 112 cm³/mol. The second-order valence-corrected chi connectivity index (χ2v) is 7.17. The highest BCUT2D eigenvalue weighted by Gasteiger charge is 2.29. The molecule has 4 aromatic heterocycles. The minimum Gasteiger partial charge on any atom is -0.373 e. The fraction of sp³-hybridized carbons (Fsp3) is 0.143. The topological polar surface area (TPSA) is 144 Å². The average molecular weight is 432 g/mol. The van der Waals surface area contributed by atoms with Crippen molar-refractivity contribution in [1.29, 1.82) is 10.5 Å². The second-order valence-electron chi connectivity index (χ2n) is 7.17.